The van der Waals surface area contributed by atoms with Crippen LogP contribution in [0.3, 0.4) is 0 Å². The third kappa shape index (κ3) is 2.00. The molecule has 5 fully saturated rings. The molecule has 0 radical (unpaired) electrons. The maximum Gasteiger partial charge on any atom is 0.305 e. The number of ether oxygens (including phenoxy) is 2. The number of esters is 1. The van der Waals surface area contributed by atoms with Crippen LogP contribution in [0.5, 0.6) is 0 Å². The summed E-state index contributed by atoms with van der Waals surface area (Å²) < 4.78 is 11.5. The molecule has 5 aliphatic carbocycles. The summed E-state index contributed by atoms with van der Waals surface area (Å²) in [5.74, 6) is 2.07. The van der Waals surface area contributed by atoms with Gasteiger partial charge in [0.05, 0.1) is 18.8 Å². The minimum atomic E-state index is -0.825. The molecule has 1 N–H and O–H groups in total. The summed E-state index contributed by atoms with van der Waals surface area (Å²) in [6.45, 7) is 4.61. The topological polar surface area (TPSA) is 76.1 Å². The van der Waals surface area contributed by atoms with Crippen molar-refractivity contribution in [1.82, 2.24) is 0 Å². The van der Waals surface area contributed by atoms with E-state index in [-0.39, 0.29) is 40.7 Å². The maximum absolute atomic E-state index is 12.2. The lowest BCUT2D eigenvalue weighted by Crippen LogP contribution is -2.60. The number of carbonyl (C=O) groups excluding carboxylic acids is 2. The Labute approximate surface area is 172 Å². The van der Waals surface area contributed by atoms with Crippen LogP contribution in [-0.2, 0) is 19.1 Å². The highest BCUT2D eigenvalue weighted by molar-refractivity contribution is 5.92. The van der Waals surface area contributed by atoms with Crippen LogP contribution in [0, 0.1) is 34.5 Å². The molecule has 29 heavy (non-hydrogen) atoms. The van der Waals surface area contributed by atoms with E-state index in [9.17, 15) is 14.7 Å². The zero-order valence-electron chi connectivity index (χ0n) is 17.7. The van der Waals surface area contributed by atoms with Gasteiger partial charge in [0.25, 0.3) is 0 Å². The summed E-state index contributed by atoms with van der Waals surface area (Å²) in [5, 5.41) is 11.7. The molecule has 1 aliphatic heterocycles. The third-order valence-corrected chi connectivity index (χ3v) is 10.4. The van der Waals surface area contributed by atoms with Crippen LogP contribution in [0.2, 0.25) is 0 Å². The average Bonchev–Trinajstić information content (AvgIpc) is 3.58. The molecule has 5 nitrogen and oxygen atoms in total. The van der Waals surface area contributed by atoms with Crippen molar-refractivity contribution in [1.29, 1.82) is 0 Å². The standard InChI is InChI=1S/C24H32O5/c1-21-7-4-13(25)10-17(21)14-11-15(14)20-16-5-8-23(27,9-6-19(26)28-3)22(16,2)12-18-24(20,21)29-18/h10,14-16,18,20,27H,4-9,11-12H2,1-3H3/t14-,15+,16+,18-,20+,21+,22+,23-,24-/m1/s1. The Bertz CT molecular complexity index is 848. The zero-order valence-corrected chi connectivity index (χ0v) is 17.7. The van der Waals surface area contributed by atoms with Gasteiger partial charge < -0.3 is 14.6 Å². The van der Waals surface area contributed by atoms with Crippen LogP contribution in [0.15, 0.2) is 11.6 Å². The molecule has 1 spiro atoms. The van der Waals surface area contributed by atoms with E-state index in [1.807, 2.05) is 6.08 Å². The van der Waals surface area contributed by atoms with Crippen molar-refractivity contribution < 1.29 is 24.2 Å². The zero-order chi connectivity index (χ0) is 20.4. The van der Waals surface area contributed by atoms with Gasteiger partial charge in [0.1, 0.15) is 5.60 Å². The first-order chi connectivity index (χ1) is 13.7. The number of hydrogen-bond acceptors (Lipinski definition) is 5. The lowest BCUT2D eigenvalue weighted by molar-refractivity contribution is -0.147. The fourth-order valence-corrected chi connectivity index (χ4v) is 8.75. The fraction of sp³-hybridized carbons (Fsp3) is 0.833. The van der Waals surface area contributed by atoms with Crippen molar-refractivity contribution in [2.45, 2.75) is 82.5 Å². The number of carbonyl (C=O) groups is 2. The fourth-order valence-electron chi connectivity index (χ4n) is 8.75. The van der Waals surface area contributed by atoms with E-state index in [0.717, 1.165) is 25.7 Å². The van der Waals surface area contributed by atoms with Gasteiger partial charge in [-0.05, 0) is 68.3 Å². The van der Waals surface area contributed by atoms with E-state index in [4.69, 9.17) is 9.47 Å². The smallest absolute Gasteiger partial charge is 0.305 e. The van der Waals surface area contributed by atoms with Crippen LogP contribution >= 0.6 is 0 Å². The molecule has 0 aromatic heterocycles. The van der Waals surface area contributed by atoms with Gasteiger partial charge in [-0.25, -0.2) is 0 Å². The van der Waals surface area contributed by atoms with Gasteiger partial charge in [-0.15, -0.1) is 0 Å². The highest BCUT2D eigenvalue weighted by atomic mass is 16.6. The highest BCUT2D eigenvalue weighted by Crippen LogP contribution is 2.82. The number of methoxy groups -OCH3 is 1. The lowest BCUT2D eigenvalue weighted by atomic mass is 9.46. The Kier molecular flexibility index (Phi) is 3.42. The molecule has 9 atom stereocenters. The van der Waals surface area contributed by atoms with Gasteiger partial charge >= 0.3 is 5.97 Å². The predicted octanol–water partition coefficient (Wildman–Crippen LogP) is 3.19. The van der Waals surface area contributed by atoms with Crippen molar-refractivity contribution in [3.8, 4) is 0 Å². The Morgan fingerprint density at radius 2 is 2.14 bits per heavy atom. The first-order valence-electron chi connectivity index (χ1n) is 11.4. The first kappa shape index (κ1) is 18.6. The van der Waals surface area contributed by atoms with Crippen LogP contribution in [0.25, 0.3) is 0 Å². The Morgan fingerprint density at radius 3 is 2.90 bits per heavy atom. The summed E-state index contributed by atoms with van der Waals surface area (Å²) in [6, 6.07) is 0. The average molecular weight is 401 g/mol. The number of ketones is 1. The first-order valence-corrected chi connectivity index (χ1v) is 11.4. The van der Waals surface area contributed by atoms with Crippen LogP contribution < -0.4 is 0 Å². The van der Waals surface area contributed by atoms with Crippen LogP contribution in [-0.4, -0.2) is 41.3 Å². The Morgan fingerprint density at radius 1 is 1.34 bits per heavy atom. The predicted molar refractivity (Wildman–Crippen MR) is 105 cm³/mol. The molecule has 158 valence electrons. The molecule has 0 unspecified atom stereocenters. The van der Waals surface area contributed by atoms with Crippen LogP contribution in [0.4, 0.5) is 0 Å². The quantitative estimate of drug-likeness (QED) is 0.582. The molecule has 1 saturated heterocycles. The highest BCUT2D eigenvalue weighted by Gasteiger charge is 2.84. The number of fused-ring (bicyclic) bond motifs is 6. The van der Waals surface area contributed by atoms with E-state index in [2.05, 4.69) is 13.8 Å². The second-order valence-electron chi connectivity index (χ2n) is 11.2. The van der Waals surface area contributed by atoms with E-state index >= 15 is 0 Å². The van der Waals surface area contributed by atoms with Gasteiger partial charge in [-0.2, -0.15) is 0 Å². The van der Waals surface area contributed by atoms with Crippen molar-refractivity contribution in [3.05, 3.63) is 11.6 Å². The van der Waals surface area contributed by atoms with Crippen molar-refractivity contribution in [2.24, 2.45) is 34.5 Å². The van der Waals surface area contributed by atoms with Gasteiger partial charge in [0, 0.05) is 23.7 Å². The summed E-state index contributed by atoms with van der Waals surface area (Å²) in [7, 11) is 1.41. The van der Waals surface area contributed by atoms with Crippen molar-refractivity contribution in [2.75, 3.05) is 7.11 Å². The van der Waals surface area contributed by atoms with Gasteiger partial charge in [0.15, 0.2) is 5.78 Å². The summed E-state index contributed by atoms with van der Waals surface area (Å²) in [5.41, 5.74) is 0.177. The maximum atomic E-state index is 12.2. The SMILES string of the molecule is COC(=O)CC[C@]1(O)CC[C@H]2[C@@H]3[C@H]4C[C@H]4C4=CC(=O)CC[C@]4(C)[C@]34O[C@@H]4C[C@@]21C. The molecular weight excluding hydrogens is 368 g/mol. The number of epoxide rings is 1. The molecule has 0 aromatic rings. The normalized spacial score (nSPS) is 56.2. The van der Waals surface area contributed by atoms with E-state index in [1.54, 1.807) is 0 Å². The number of hydrogen-bond donors (Lipinski definition) is 1. The molecule has 0 bridgehead atoms. The lowest BCUT2D eigenvalue weighted by Gasteiger charge is -2.56. The third-order valence-electron chi connectivity index (χ3n) is 10.4. The molecule has 6 rings (SSSR count). The number of aliphatic hydroxyl groups is 1. The molecule has 5 heteroatoms. The van der Waals surface area contributed by atoms with Crippen LogP contribution in [0.1, 0.15) is 65.2 Å². The van der Waals surface area contributed by atoms with E-state index in [0.29, 0.717) is 36.5 Å². The second kappa shape index (κ2) is 5.34. The molecular formula is C24H32O5. The molecule has 6 aliphatic rings. The van der Waals surface area contributed by atoms with E-state index in [1.165, 1.54) is 19.1 Å². The second-order valence-corrected chi connectivity index (χ2v) is 11.2. The molecule has 0 aromatic carbocycles. The summed E-state index contributed by atoms with van der Waals surface area (Å²) >= 11 is 0. The minimum Gasteiger partial charge on any atom is -0.469 e. The van der Waals surface area contributed by atoms with E-state index < -0.39 is 5.60 Å². The van der Waals surface area contributed by atoms with Gasteiger partial charge in [-0.3, -0.25) is 9.59 Å². The summed E-state index contributed by atoms with van der Waals surface area (Å²) in [6.07, 6.45) is 8.22. The van der Waals surface area contributed by atoms with Crippen molar-refractivity contribution >= 4 is 11.8 Å². The Balaban J connectivity index is 1.37. The molecule has 4 saturated carbocycles. The molecule has 0 amide bonds. The molecule has 1 heterocycles. The van der Waals surface area contributed by atoms with Gasteiger partial charge in [0.2, 0.25) is 0 Å². The summed E-state index contributed by atoms with van der Waals surface area (Å²) in [4.78, 5) is 24.0. The number of rotatable bonds is 3. The Hall–Kier alpha value is -1.20. The largest absolute Gasteiger partial charge is 0.469 e. The van der Waals surface area contributed by atoms with Crippen molar-refractivity contribution in [3.63, 3.8) is 0 Å². The monoisotopic (exact) mass is 400 g/mol. The van der Waals surface area contributed by atoms with Gasteiger partial charge in [-0.1, -0.05) is 19.4 Å². The minimum absolute atomic E-state index is 0.0258.